The Morgan fingerprint density at radius 1 is 1.06 bits per heavy atom. The SMILES string of the molecule is CC1CCCCN1S(=O)(=O)c1ccc(C(=O)Nc2nc3ccc4ccccc4c3s2)cc1. The van der Waals surface area contributed by atoms with Crippen LogP contribution in [0.4, 0.5) is 5.13 Å². The first-order valence-electron chi connectivity index (χ1n) is 10.6. The number of anilines is 1. The molecule has 3 aromatic carbocycles. The number of nitrogens with one attached hydrogen (secondary N) is 1. The van der Waals surface area contributed by atoms with E-state index in [1.54, 1.807) is 16.4 Å². The van der Waals surface area contributed by atoms with Gasteiger partial charge in [0.25, 0.3) is 5.91 Å². The number of hydrogen-bond donors (Lipinski definition) is 1. The van der Waals surface area contributed by atoms with Gasteiger partial charge in [-0.2, -0.15) is 4.31 Å². The molecule has 1 aromatic heterocycles. The van der Waals surface area contributed by atoms with Gasteiger partial charge in [-0.1, -0.05) is 48.1 Å². The van der Waals surface area contributed by atoms with Crippen molar-refractivity contribution in [3.63, 3.8) is 0 Å². The zero-order chi connectivity index (χ0) is 22.3. The van der Waals surface area contributed by atoms with Crippen LogP contribution in [0.5, 0.6) is 0 Å². The summed E-state index contributed by atoms with van der Waals surface area (Å²) in [6.07, 6.45) is 2.80. The minimum Gasteiger partial charge on any atom is -0.298 e. The summed E-state index contributed by atoms with van der Waals surface area (Å²) in [7, 11) is -3.56. The highest BCUT2D eigenvalue weighted by atomic mass is 32.2. The molecule has 4 aromatic rings. The van der Waals surface area contributed by atoms with Crippen LogP contribution in [0.3, 0.4) is 0 Å². The largest absolute Gasteiger partial charge is 0.298 e. The minimum atomic E-state index is -3.56. The van der Waals surface area contributed by atoms with Crippen molar-refractivity contribution in [1.29, 1.82) is 0 Å². The molecular formula is C24H23N3O3S2. The second kappa shape index (κ2) is 8.27. The molecule has 0 aliphatic carbocycles. The van der Waals surface area contributed by atoms with Crippen molar-refractivity contribution in [3.05, 3.63) is 66.2 Å². The van der Waals surface area contributed by atoms with E-state index >= 15 is 0 Å². The van der Waals surface area contributed by atoms with Crippen molar-refractivity contribution in [3.8, 4) is 0 Å². The van der Waals surface area contributed by atoms with Crippen LogP contribution in [0.2, 0.25) is 0 Å². The zero-order valence-electron chi connectivity index (χ0n) is 17.6. The van der Waals surface area contributed by atoms with E-state index in [0.29, 0.717) is 17.2 Å². The molecule has 1 saturated heterocycles. The van der Waals surface area contributed by atoms with Gasteiger partial charge in [-0.25, -0.2) is 13.4 Å². The van der Waals surface area contributed by atoms with Crippen LogP contribution >= 0.6 is 11.3 Å². The molecule has 1 fully saturated rings. The summed E-state index contributed by atoms with van der Waals surface area (Å²) in [5.41, 5.74) is 1.22. The number of amides is 1. The molecule has 2 heterocycles. The first-order chi connectivity index (χ1) is 15.4. The number of aromatic nitrogens is 1. The molecule has 6 nitrogen and oxygen atoms in total. The van der Waals surface area contributed by atoms with Gasteiger partial charge in [0.1, 0.15) is 0 Å². The van der Waals surface area contributed by atoms with Gasteiger partial charge in [-0.15, -0.1) is 0 Å². The monoisotopic (exact) mass is 465 g/mol. The zero-order valence-corrected chi connectivity index (χ0v) is 19.2. The molecule has 5 rings (SSSR count). The Morgan fingerprint density at radius 3 is 2.62 bits per heavy atom. The van der Waals surface area contributed by atoms with Crippen LogP contribution in [0, 0.1) is 0 Å². The van der Waals surface area contributed by atoms with Gasteiger partial charge in [0, 0.05) is 23.5 Å². The molecule has 1 aliphatic heterocycles. The minimum absolute atomic E-state index is 0.00755. The second-order valence-corrected chi connectivity index (χ2v) is 11.0. The summed E-state index contributed by atoms with van der Waals surface area (Å²) in [4.78, 5) is 17.5. The predicted octanol–water partition coefficient (Wildman–Crippen LogP) is 5.26. The Labute approximate surface area is 190 Å². The smallest absolute Gasteiger partial charge is 0.257 e. The van der Waals surface area contributed by atoms with E-state index in [9.17, 15) is 13.2 Å². The first-order valence-corrected chi connectivity index (χ1v) is 12.9. The van der Waals surface area contributed by atoms with Gasteiger partial charge >= 0.3 is 0 Å². The molecule has 1 unspecified atom stereocenters. The number of carbonyl (C=O) groups excluding carboxylic acids is 1. The number of nitrogens with zero attached hydrogens (tertiary/aromatic N) is 2. The summed E-state index contributed by atoms with van der Waals surface area (Å²) in [5, 5.41) is 5.59. The first kappa shape index (κ1) is 21.1. The average molecular weight is 466 g/mol. The van der Waals surface area contributed by atoms with Gasteiger partial charge < -0.3 is 0 Å². The predicted molar refractivity (Wildman–Crippen MR) is 129 cm³/mol. The number of piperidine rings is 1. The Kier molecular flexibility index (Phi) is 5.44. The number of thiazole rings is 1. The lowest BCUT2D eigenvalue weighted by Gasteiger charge is -2.32. The van der Waals surface area contributed by atoms with Crippen LogP contribution in [-0.2, 0) is 10.0 Å². The van der Waals surface area contributed by atoms with E-state index in [1.807, 2.05) is 43.3 Å². The molecule has 164 valence electrons. The fourth-order valence-electron chi connectivity index (χ4n) is 4.22. The van der Waals surface area contributed by atoms with Crippen molar-refractivity contribution >= 4 is 53.4 Å². The third kappa shape index (κ3) is 3.79. The maximum atomic E-state index is 13.0. The van der Waals surface area contributed by atoms with E-state index in [1.165, 1.54) is 23.5 Å². The topological polar surface area (TPSA) is 79.4 Å². The number of benzene rings is 3. The lowest BCUT2D eigenvalue weighted by atomic mass is 10.1. The van der Waals surface area contributed by atoms with E-state index in [2.05, 4.69) is 10.3 Å². The molecule has 0 radical (unpaired) electrons. The standard InChI is InChI=1S/C24H23N3O3S2/c1-16-6-4-5-15-27(16)32(29,30)19-12-9-18(10-13-19)23(28)26-24-25-21-14-11-17-7-2-3-8-20(17)22(21)31-24/h2-3,7-14,16H,4-6,15H2,1H3,(H,25,26,28). The summed E-state index contributed by atoms with van der Waals surface area (Å²) in [6.45, 7) is 2.48. The number of sulfonamides is 1. The Bertz CT molecular complexity index is 1410. The van der Waals surface area contributed by atoms with Gasteiger partial charge in [0.15, 0.2) is 5.13 Å². The van der Waals surface area contributed by atoms with Crippen LogP contribution < -0.4 is 5.32 Å². The molecular weight excluding hydrogens is 442 g/mol. The van der Waals surface area contributed by atoms with E-state index < -0.39 is 10.0 Å². The van der Waals surface area contributed by atoms with Gasteiger partial charge in [0.05, 0.1) is 15.1 Å². The highest BCUT2D eigenvalue weighted by Gasteiger charge is 2.30. The summed E-state index contributed by atoms with van der Waals surface area (Å²) >= 11 is 1.43. The quantitative estimate of drug-likeness (QED) is 0.446. The lowest BCUT2D eigenvalue weighted by molar-refractivity contribution is 0.102. The molecule has 1 amide bonds. The van der Waals surface area contributed by atoms with Crippen LogP contribution in [0.25, 0.3) is 21.0 Å². The summed E-state index contributed by atoms with van der Waals surface area (Å²) in [6, 6.07) is 18.2. The maximum Gasteiger partial charge on any atom is 0.257 e. The number of rotatable bonds is 4. The molecule has 8 heteroatoms. The lowest BCUT2D eigenvalue weighted by Crippen LogP contribution is -2.41. The van der Waals surface area contributed by atoms with Crippen molar-refractivity contribution in [2.45, 2.75) is 37.1 Å². The van der Waals surface area contributed by atoms with Crippen molar-refractivity contribution in [1.82, 2.24) is 9.29 Å². The molecule has 32 heavy (non-hydrogen) atoms. The van der Waals surface area contributed by atoms with Crippen molar-refractivity contribution in [2.24, 2.45) is 0 Å². The number of hydrogen-bond acceptors (Lipinski definition) is 5. The van der Waals surface area contributed by atoms with Crippen LogP contribution in [0.15, 0.2) is 65.6 Å². The number of fused-ring (bicyclic) bond motifs is 3. The molecule has 1 N–H and O–H groups in total. The van der Waals surface area contributed by atoms with Gasteiger partial charge in [-0.3, -0.25) is 10.1 Å². The summed E-state index contributed by atoms with van der Waals surface area (Å²) in [5.74, 6) is -0.316. The normalized spacial score (nSPS) is 17.6. The van der Waals surface area contributed by atoms with E-state index in [0.717, 1.165) is 40.3 Å². The number of carbonyl (C=O) groups is 1. The molecule has 0 spiro atoms. The second-order valence-electron chi connectivity index (χ2n) is 8.09. The highest BCUT2D eigenvalue weighted by molar-refractivity contribution is 7.89. The van der Waals surface area contributed by atoms with Gasteiger partial charge in [0.2, 0.25) is 10.0 Å². The Balaban J connectivity index is 1.37. The van der Waals surface area contributed by atoms with Gasteiger partial charge in [-0.05, 0) is 55.5 Å². The fraction of sp³-hybridized carbons (Fsp3) is 0.250. The average Bonchev–Trinajstić information content (AvgIpc) is 3.22. The third-order valence-electron chi connectivity index (χ3n) is 5.97. The van der Waals surface area contributed by atoms with Crippen molar-refractivity contribution in [2.75, 3.05) is 11.9 Å². The van der Waals surface area contributed by atoms with Crippen LogP contribution in [0.1, 0.15) is 36.5 Å². The maximum absolute atomic E-state index is 13.0. The van der Waals surface area contributed by atoms with E-state index in [4.69, 9.17) is 0 Å². The molecule has 0 bridgehead atoms. The molecule has 0 saturated carbocycles. The molecule has 1 atom stereocenters. The fourth-order valence-corrected chi connectivity index (χ4v) is 6.92. The Morgan fingerprint density at radius 2 is 1.84 bits per heavy atom. The Hall–Kier alpha value is -2.81. The van der Waals surface area contributed by atoms with Crippen LogP contribution in [-0.4, -0.2) is 36.2 Å². The highest BCUT2D eigenvalue weighted by Crippen LogP contribution is 2.33. The van der Waals surface area contributed by atoms with E-state index in [-0.39, 0.29) is 16.8 Å². The molecule has 1 aliphatic rings. The third-order valence-corrected chi connectivity index (χ3v) is 9.01. The summed E-state index contributed by atoms with van der Waals surface area (Å²) < 4.78 is 28.6. The van der Waals surface area contributed by atoms with Crippen molar-refractivity contribution < 1.29 is 13.2 Å².